The van der Waals surface area contributed by atoms with Gasteiger partial charge in [0.15, 0.2) is 0 Å². The molecule has 1 fully saturated rings. The average molecular weight is 212 g/mol. The van der Waals surface area contributed by atoms with E-state index in [1.807, 2.05) is 0 Å². The molecule has 1 aliphatic rings. The van der Waals surface area contributed by atoms with Crippen LogP contribution in [-0.4, -0.2) is 11.2 Å². The molecule has 0 aliphatic heterocycles. The van der Waals surface area contributed by atoms with E-state index >= 15 is 0 Å². The molecule has 1 aromatic carbocycles. The van der Waals surface area contributed by atoms with Gasteiger partial charge in [0.1, 0.15) is 11.6 Å². The zero-order chi connectivity index (χ0) is 10.8. The third kappa shape index (κ3) is 2.34. The maximum absolute atomic E-state index is 13.0. The molecule has 82 valence electrons. The zero-order valence-electron chi connectivity index (χ0n) is 8.42. The molecule has 0 aromatic heterocycles. The number of aliphatic hydroxyl groups is 1. The van der Waals surface area contributed by atoms with Gasteiger partial charge in [0, 0.05) is 12.0 Å². The average Bonchev–Trinajstić information content (AvgIpc) is 2.16. The maximum atomic E-state index is 13.0. The van der Waals surface area contributed by atoms with Crippen LogP contribution in [0.3, 0.4) is 0 Å². The Kier molecular flexibility index (Phi) is 3.00. The number of benzene rings is 1. The molecular formula is C12H14F2O. The molecule has 2 rings (SSSR count). The summed E-state index contributed by atoms with van der Waals surface area (Å²) in [5.74, 6) is -1.24. The Morgan fingerprint density at radius 1 is 1.00 bits per heavy atom. The van der Waals surface area contributed by atoms with Crippen LogP contribution in [0.15, 0.2) is 18.2 Å². The highest BCUT2D eigenvalue weighted by Crippen LogP contribution is 2.33. The topological polar surface area (TPSA) is 20.2 Å². The van der Waals surface area contributed by atoms with Crippen LogP contribution < -0.4 is 0 Å². The van der Waals surface area contributed by atoms with E-state index in [1.54, 1.807) is 0 Å². The summed E-state index contributed by atoms with van der Waals surface area (Å²) in [6.07, 6.45) is 3.09. The van der Waals surface area contributed by atoms with E-state index in [0.717, 1.165) is 31.7 Å². The molecule has 0 spiro atoms. The van der Waals surface area contributed by atoms with Gasteiger partial charge in [-0.1, -0.05) is 12.8 Å². The minimum atomic E-state index is -0.567. The van der Waals surface area contributed by atoms with Crippen molar-refractivity contribution in [2.75, 3.05) is 0 Å². The van der Waals surface area contributed by atoms with Gasteiger partial charge in [-0.15, -0.1) is 0 Å². The number of aliphatic hydroxyl groups excluding tert-OH is 1. The van der Waals surface area contributed by atoms with E-state index in [0.29, 0.717) is 5.56 Å². The minimum absolute atomic E-state index is 0.107. The van der Waals surface area contributed by atoms with E-state index in [-0.39, 0.29) is 5.92 Å². The Labute approximate surface area is 87.7 Å². The highest BCUT2D eigenvalue weighted by atomic mass is 19.1. The summed E-state index contributed by atoms with van der Waals surface area (Å²) in [6.45, 7) is 0. The van der Waals surface area contributed by atoms with Crippen molar-refractivity contribution in [1.29, 1.82) is 0 Å². The largest absolute Gasteiger partial charge is 0.392 e. The number of halogens is 2. The van der Waals surface area contributed by atoms with Crippen LogP contribution in [0.2, 0.25) is 0 Å². The van der Waals surface area contributed by atoms with Crippen LogP contribution in [0, 0.1) is 11.6 Å². The number of hydrogen-bond donors (Lipinski definition) is 1. The minimum Gasteiger partial charge on any atom is -0.392 e. The molecule has 15 heavy (non-hydrogen) atoms. The lowest BCUT2D eigenvalue weighted by molar-refractivity contribution is 0.106. The Morgan fingerprint density at radius 2 is 1.60 bits per heavy atom. The van der Waals surface area contributed by atoms with Crippen LogP contribution >= 0.6 is 0 Å². The molecule has 1 nitrogen and oxygen atoms in total. The molecule has 1 N–H and O–H groups in total. The summed E-state index contributed by atoms with van der Waals surface area (Å²) < 4.78 is 26.0. The van der Waals surface area contributed by atoms with Gasteiger partial charge >= 0.3 is 0 Å². The van der Waals surface area contributed by atoms with Crippen LogP contribution in [0.4, 0.5) is 8.78 Å². The first-order valence-corrected chi connectivity index (χ1v) is 5.31. The van der Waals surface area contributed by atoms with E-state index < -0.39 is 17.7 Å². The second-order valence-corrected chi connectivity index (χ2v) is 4.16. The van der Waals surface area contributed by atoms with Gasteiger partial charge in [-0.2, -0.15) is 0 Å². The molecule has 2 atom stereocenters. The highest BCUT2D eigenvalue weighted by Gasteiger charge is 2.25. The Hall–Kier alpha value is -0.960. The van der Waals surface area contributed by atoms with Gasteiger partial charge < -0.3 is 5.11 Å². The molecular weight excluding hydrogens is 198 g/mol. The molecule has 0 unspecified atom stereocenters. The molecule has 1 saturated carbocycles. The quantitative estimate of drug-likeness (QED) is 0.758. The van der Waals surface area contributed by atoms with Gasteiger partial charge in [-0.05, 0) is 30.5 Å². The molecule has 0 saturated heterocycles. The summed E-state index contributed by atoms with van der Waals surface area (Å²) >= 11 is 0. The van der Waals surface area contributed by atoms with Crippen molar-refractivity contribution in [3.8, 4) is 0 Å². The lowest BCUT2D eigenvalue weighted by atomic mass is 9.82. The predicted octanol–water partition coefficient (Wildman–Crippen LogP) is 2.98. The molecule has 0 amide bonds. The number of hydrogen-bond acceptors (Lipinski definition) is 1. The normalized spacial score (nSPS) is 26.6. The van der Waals surface area contributed by atoms with E-state index in [4.69, 9.17) is 0 Å². The summed E-state index contributed by atoms with van der Waals surface area (Å²) in [5.41, 5.74) is 0.583. The van der Waals surface area contributed by atoms with Crippen LogP contribution in [-0.2, 0) is 0 Å². The van der Waals surface area contributed by atoms with Crippen molar-refractivity contribution in [3.63, 3.8) is 0 Å². The summed E-state index contributed by atoms with van der Waals surface area (Å²) in [6, 6.07) is 3.50. The van der Waals surface area contributed by atoms with Gasteiger partial charge in [0.2, 0.25) is 0 Å². The summed E-state index contributed by atoms with van der Waals surface area (Å²) in [7, 11) is 0. The SMILES string of the molecule is O[C@@H]1CCCC[C@H]1c1cc(F)cc(F)c1. The van der Waals surface area contributed by atoms with Gasteiger partial charge in [-0.3, -0.25) is 0 Å². The highest BCUT2D eigenvalue weighted by molar-refractivity contribution is 5.23. The first-order chi connectivity index (χ1) is 7.16. The van der Waals surface area contributed by atoms with E-state index in [9.17, 15) is 13.9 Å². The smallest absolute Gasteiger partial charge is 0.126 e. The molecule has 0 radical (unpaired) electrons. The first-order valence-electron chi connectivity index (χ1n) is 5.31. The monoisotopic (exact) mass is 212 g/mol. The van der Waals surface area contributed by atoms with Crippen LogP contribution in [0.25, 0.3) is 0 Å². The molecule has 0 heterocycles. The van der Waals surface area contributed by atoms with Crippen molar-refractivity contribution in [2.24, 2.45) is 0 Å². The summed E-state index contributed by atoms with van der Waals surface area (Å²) in [5, 5.41) is 9.76. The van der Waals surface area contributed by atoms with Crippen molar-refractivity contribution in [2.45, 2.75) is 37.7 Å². The first kappa shape index (κ1) is 10.6. The molecule has 1 aromatic rings. The second kappa shape index (κ2) is 4.27. The van der Waals surface area contributed by atoms with Crippen molar-refractivity contribution in [1.82, 2.24) is 0 Å². The van der Waals surface area contributed by atoms with E-state index in [2.05, 4.69) is 0 Å². The number of rotatable bonds is 1. The molecule has 3 heteroatoms. The fourth-order valence-corrected chi connectivity index (χ4v) is 2.29. The van der Waals surface area contributed by atoms with Gasteiger partial charge in [-0.25, -0.2) is 8.78 Å². The van der Waals surface area contributed by atoms with Crippen molar-refractivity contribution in [3.05, 3.63) is 35.4 Å². The van der Waals surface area contributed by atoms with Gasteiger partial charge in [0.05, 0.1) is 6.10 Å². The third-order valence-corrected chi connectivity index (χ3v) is 3.04. The Morgan fingerprint density at radius 3 is 2.20 bits per heavy atom. The summed E-state index contributed by atoms with van der Waals surface area (Å²) in [4.78, 5) is 0. The Balaban J connectivity index is 2.27. The van der Waals surface area contributed by atoms with Crippen molar-refractivity contribution < 1.29 is 13.9 Å². The fourth-order valence-electron chi connectivity index (χ4n) is 2.29. The fraction of sp³-hybridized carbons (Fsp3) is 0.500. The molecule has 0 bridgehead atoms. The van der Waals surface area contributed by atoms with Crippen LogP contribution in [0.1, 0.15) is 37.2 Å². The van der Waals surface area contributed by atoms with Crippen molar-refractivity contribution >= 4 is 0 Å². The van der Waals surface area contributed by atoms with Crippen LogP contribution in [0.5, 0.6) is 0 Å². The molecule has 1 aliphatic carbocycles. The second-order valence-electron chi connectivity index (χ2n) is 4.16. The standard InChI is InChI=1S/C12H14F2O/c13-9-5-8(6-10(14)7-9)11-3-1-2-4-12(11)15/h5-7,11-12,15H,1-4H2/t11-,12+/m0/s1. The predicted molar refractivity (Wildman–Crippen MR) is 53.6 cm³/mol. The lowest BCUT2D eigenvalue weighted by Gasteiger charge is -2.27. The Bertz CT molecular complexity index is 331. The maximum Gasteiger partial charge on any atom is 0.126 e. The zero-order valence-corrected chi connectivity index (χ0v) is 8.42. The lowest BCUT2D eigenvalue weighted by Crippen LogP contribution is -2.22. The van der Waals surface area contributed by atoms with Gasteiger partial charge in [0.25, 0.3) is 0 Å². The van der Waals surface area contributed by atoms with E-state index in [1.165, 1.54) is 12.1 Å². The third-order valence-electron chi connectivity index (χ3n) is 3.04.